The van der Waals surface area contributed by atoms with Gasteiger partial charge < -0.3 is 14.5 Å². The summed E-state index contributed by atoms with van der Waals surface area (Å²) in [6.45, 7) is 0. The molecule has 3 rings (SSSR count). The zero-order valence-electron chi connectivity index (χ0n) is 13.7. The van der Waals surface area contributed by atoms with E-state index in [0.717, 1.165) is 4.47 Å². The number of carbonyl (C=O) groups excluding carboxylic acids is 3. The minimum Gasteiger partial charge on any atom is -0.466 e. The van der Waals surface area contributed by atoms with Crippen molar-refractivity contribution < 1.29 is 23.9 Å². The third-order valence-electron chi connectivity index (χ3n) is 3.82. The zero-order chi connectivity index (χ0) is 18.7. The largest absolute Gasteiger partial charge is 0.466 e. The van der Waals surface area contributed by atoms with Crippen molar-refractivity contribution in [3.05, 3.63) is 70.3 Å². The van der Waals surface area contributed by atoms with Crippen molar-refractivity contribution in [2.75, 3.05) is 7.11 Å². The van der Waals surface area contributed by atoms with E-state index in [-0.39, 0.29) is 5.56 Å². The lowest BCUT2D eigenvalue weighted by Gasteiger charge is -2.15. The number of rotatable bonds is 5. The van der Waals surface area contributed by atoms with Gasteiger partial charge in [0.25, 0.3) is 5.78 Å². The van der Waals surface area contributed by atoms with Crippen LogP contribution in [-0.4, -0.2) is 29.8 Å². The standard InChI is InChI=1S/C19H14BrNO5/c1-25-19(24)17(11-5-3-2-4-6-11)26-18(23)16(22)14-10-21-15-8-7-12(20)9-13(14)15/h2-10,17,21H,1H3. The summed E-state index contributed by atoms with van der Waals surface area (Å²) in [6, 6.07) is 13.7. The number of esters is 2. The predicted octanol–water partition coefficient (Wildman–Crippen LogP) is 3.57. The Kier molecular flexibility index (Phi) is 5.18. The maximum atomic E-state index is 12.5. The molecule has 3 aromatic rings. The number of ether oxygens (including phenoxy) is 2. The second-order valence-electron chi connectivity index (χ2n) is 5.44. The van der Waals surface area contributed by atoms with E-state index in [4.69, 9.17) is 4.74 Å². The Morgan fingerprint density at radius 1 is 1.08 bits per heavy atom. The van der Waals surface area contributed by atoms with E-state index >= 15 is 0 Å². The number of Topliss-reactive ketones (excluding diaryl/α,β-unsaturated/α-hetero) is 1. The highest BCUT2D eigenvalue weighted by atomic mass is 79.9. The van der Waals surface area contributed by atoms with E-state index in [2.05, 4.69) is 25.7 Å². The van der Waals surface area contributed by atoms with Gasteiger partial charge >= 0.3 is 11.9 Å². The fraction of sp³-hybridized carbons (Fsp3) is 0.105. The number of aromatic amines is 1. The summed E-state index contributed by atoms with van der Waals surface area (Å²) < 4.78 is 10.6. The fourth-order valence-corrected chi connectivity index (χ4v) is 2.90. The van der Waals surface area contributed by atoms with Gasteiger partial charge in [-0.3, -0.25) is 4.79 Å². The number of hydrogen-bond acceptors (Lipinski definition) is 5. The fourth-order valence-electron chi connectivity index (χ4n) is 2.54. The molecule has 1 N–H and O–H groups in total. The van der Waals surface area contributed by atoms with Crippen LogP contribution in [0.3, 0.4) is 0 Å². The molecule has 0 radical (unpaired) electrons. The van der Waals surface area contributed by atoms with Crippen LogP contribution in [0.2, 0.25) is 0 Å². The molecule has 0 bridgehead atoms. The van der Waals surface area contributed by atoms with E-state index in [1.54, 1.807) is 42.5 Å². The molecule has 1 heterocycles. The molecule has 26 heavy (non-hydrogen) atoms. The van der Waals surface area contributed by atoms with Crippen LogP contribution in [0.1, 0.15) is 22.0 Å². The van der Waals surface area contributed by atoms with E-state index < -0.39 is 23.8 Å². The number of nitrogens with one attached hydrogen (secondary N) is 1. The highest BCUT2D eigenvalue weighted by Gasteiger charge is 2.30. The molecule has 0 aliphatic heterocycles. The Morgan fingerprint density at radius 2 is 1.81 bits per heavy atom. The average Bonchev–Trinajstić information content (AvgIpc) is 3.08. The summed E-state index contributed by atoms with van der Waals surface area (Å²) in [5, 5.41) is 0.579. The van der Waals surface area contributed by atoms with E-state index in [1.165, 1.54) is 13.3 Å². The Morgan fingerprint density at radius 3 is 2.50 bits per heavy atom. The molecular weight excluding hydrogens is 402 g/mol. The van der Waals surface area contributed by atoms with Gasteiger partial charge in [-0.2, -0.15) is 0 Å². The molecule has 6 nitrogen and oxygen atoms in total. The first-order chi connectivity index (χ1) is 12.5. The lowest BCUT2D eigenvalue weighted by molar-refractivity contribution is -0.163. The smallest absolute Gasteiger partial charge is 0.380 e. The Balaban J connectivity index is 1.88. The minimum atomic E-state index is -1.31. The number of benzene rings is 2. The van der Waals surface area contributed by atoms with Gasteiger partial charge in [0.2, 0.25) is 6.10 Å². The first-order valence-corrected chi connectivity index (χ1v) is 8.45. The molecule has 0 amide bonds. The van der Waals surface area contributed by atoms with Crippen molar-refractivity contribution in [3.8, 4) is 0 Å². The summed E-state index contributed by atoms with van der Waals surface area (Å²) >= 11 is 3.33. The number of methoxy groups -OCH3 is 1. The lowest BCUT2D eigenvalue weighted by atomic mass is 10.1. The maximum Gasteiger partial charge on any atom is 0.380 e. The minimum absolute atomic E-state index is 0.169. The monoisotopic (exact) mass is 415 g/mol. The number of halogens is 1. The molecule has 0 saturated carbocycles. The molecule has 1 aromatic heterocycles. The molecule has 0 saturated heterocycles. The van der Waals surface area contributed by atoms with Crippen molar-refractivity contribution in [3.63, 3.8) is 0 Å². The Labute approximate surface area is 157 Å². The zero-order valence-corrected chi connectivity index (χ0v) is 15.3. The highest BCUT2D eigenvalue weighted by Crippen LogP contribution is 2.25. The second kappa shape index (κ2) is 7.53. The van der Waals surface area contributed by atoms with Gasteiger partial charge in [-0.1, -0.05) is 46.3 Å². The van der Waals surface area contributed by atoms with Crippen molar-refractivity contribution in [1.29, 1.82) is 0 Å². The number of H-pyrrole nitrogens is 1. The van der Waals surface area contributed by atoms with Gasteiger partial charge in [-0.25, -0.2) is 9.59 Å². The maximum absolute atomic E-state index is 12.5. The summed E-state index contributed by atoms with van der Waals surface area (Å²) in [4.78, 5) is 39.8. The van der Waals surface area contributed by atoms with Gasteiger partial charge in [0, 0.05) is 27.1 Å². The van der Waals surface area contributed by atoms with E-state index in [1.807, 2.05) is 6.07 Å². The van der Waals surface area contributed by atoms with Crippen molar-refractivity contribution >= 4 is 44.6 Å². The van der Waals surface area contributed by atoms with Crippen LogP contribution in [0.4, 0.5) is 0 Å². The Bertz CT molecular complexity index is 980. The molecule has 7 heteroatoms. The normalized spacial score (nSPS) is 11.8. The number of fused-ring (bicyclic) bond motifs is 1. The molecule has 0 aliphatic carbocycles. The van der Waals surface area contributed by atoms with E-state index in [9.17, 15) is 14.4 Å². The Hall–Kier alpha value is -2.93. The molecule has 1 atom stereocenters. The van der Waals surface area contributed by atoms with Crippen LogP contribution < -0.4 is 0 Å². The summed E-state index contributed by atoms with van der Waals surface area (Å²) in [5.41, 5.74) is 1.29. The number of aromatic nitrogens is 1. The van der Waals surface area contributed by atoms with Crippen LogP contribution in [0.5, 0.6) is 0 Å². The molecule has 0 fully saturated rings. The first kappa shape index (κ1) is 17.9. The van der Waals surface area contributed by atoms with Gasteiger partial charge in [-0.15, -0.1) is 0 Å². The van der Waals surface area contributed by atoms with E-state index in [0.29, 0.717) is 16.5 Å². The number of hydrogen-bond donors (Lipinski definition) is 1. The number of ketones is 1. The highest BCUT2D eigenvalue weighted by molar-refractivity contribution is 9.10. The van der Waals surface area contributed by atoms with Crippen molar-refractivity contribution in [2.24, 2.45) is 0 Å². The van der Waals surface area contributed by atoms with Crippen molar-refractivity contribution in [1.82, 2.24) is 4.98 Å². The summed E-state index contributed by atoms with van der Waals surface area (Å²) in [5.74, 6) is -2.75. The van der Waals surface area contributed by atoms with Gasteiger partial charge in [-0.05, 0) is 18.2 Å². The molecule has 2 aromatic carbocycles. The average molecular weight is 416 g/mol. The van der Waals surface area contributed by atoms with Crippen LogP contribution >= 0.6 is 15.9 Å². The topological polar surface area (TPSA) is 85.5 Å². The summed E-state index contributed by atoms with van der Waals surface area (Å²) in [6.07, 6.45) is 0.130. The predicted molar refractivity (Wildman–Crippen MR) is 97.6 cm³/mol. The van der Waals surface area contributed by atoms with Gasteiger partial charge in [0.05, 0.1) is 12.7 Å². The molecule has 132 valence electrons. The third-order valence-corrected chi connectivity index (χ3v) is 4.31. The SMILES string of the molecule is COC(=O)C(OC(=O)C(=O)c1c[nH]c2ccc(Br)cc12)c1ccccc1. The lowest BCUT2D eigenvalue weighted by Crippen LogP contribution is -2.25. The van der Waals surface area contributed by atoms with Crippen molar-refractivity contribution in [2.45, 2.75) is 6.10 Å². The summed E-state index contributed by atoms with van der Waals surface area (Å²) in [7, 11) is 1.19. The van der Waals surface area contributed by atoms with Crippen LogP contribution in [0, 0.1) is 0 Å². The quantitative estimate of drug-likeness (QED) is 0.391. The van der Waals surface area contributed by atoms with Crippen LogP contribution in [0.25, 0.3) is 10.9 Å². The van der Waals surface area contributed by atoms with Gasteiger partial charge in [0.15, 0.2) is 0 Å². The van der Waals surface area contributed by atoms with Crippen LogP contribution in [-0.2, 0) is 19.1 Å². The third kappa shape index (κ3) is 3.52. The first-order valence-electron chi connectivity index (χ1n) is 7.66. The second-order valence-corrected chi connectivity index (χ2v) is 6.36. The molecule has 0 aliphatic rings. The molecule has 1 unspecified atom stereocenters. The number of carbonyl (C=O) groups is 3. The molecule has 0 spiro atoms. The molecular formula is C19H14BrNO5. The van der Waals surface area contributed by atoms with Gasteiger partial charge in [0.1, 0.15) is 0 Å². The van der Waals surface area contributed by atoms with Crippen LogP contribution in [0.15, 0.2) is 59.2 Å².